The zero-order chi connectivity index (χ0) is 17.3. The summed E-state index contributed by atoms with van der Waals surface area (Å²) in [5.74, 6) is 0.610. The second-order valence-electron chi connectivity index (χ2n) is 6.78. The van der Waals surface area contributed by atoms with Gasteiger partial charge in [-0.2, -0.15) is 5.10 Å². The van der Waals surface area contributed by atoms with Gasteiger partial charge in [0.25, 0.3) is 5.91 Å². The minimum Gasteiger partial charge on any atom is -0.339 e. The predicted molar refractivity (Wildman–Crippen MR) is 95.3 cm³/mol. The van der Waals surface area contributed by atoms with E-state index in [0.717, 1.165) is 48.6 Å². The highest BCUT2D eigenvalue weighted by Gasteiger charge is 2.28. The number of carbonyl (C=O) groups excluding carboxylic acids is 1. The van der Waals surface area contributed by atoms with E-state index in [4.69, 9.17) is 5.73 Å². The fourth-order valence-corrected chi connectivity index (χ4v) is 3.56. The number of likely N-dealkylation sites (tertiary alicyclic amines) is 1. The number of para-hydroxylation sites is 1. The molecular weight excluding hydrogens is 300 g/mol. The third kappa shape index (κ3) is 3.08. The van der Waals surface area contributed by atoms with Crippen molar-refractivity contribution in [3.8, 4) is 5.69 Å². The SMILES string of the molecule is Cc1nn(-c2ccccc2)c(C)c1C(=O)N1CCC(C(C)N)CC1. The number of amides is 1. The van der Waals surface area contributed by atoms with Crippen LogP contribution in [0.3, 0.4) is 0 Å². The van der Waals surface area contributed by atoms with Gasteiger partial charge < -0.3 is 10.6 Å². The van der Waals surface area contributed by atoms with Crippen molar-refractivity contribution in [1.29, 1.82) is 0 Å². The fraction of sp³-hybridized carbons (Fsp3) is 0.474. The third-order valence-corrected chi connectivity index (χ3v) is 5.08. The highest BCUT2D eigenvalue weighted by Crippen LogP contribution is 2.24. The number of nitrogens with zero attached hydrogens (tertiary/aromatic N) is 3. The summed E-state index contributed by atoms with van der Waals surface area (Å²) in [6.45, 7) is 7.49. The van der Waals surface area contributed by atoms with E-state index in [1.165, 1.54) is 0 Å². The van der Waals surface area contributed by atoms with E-state index in [1.54, 1.807) is 0 Å². The van der Waals surface area contributed by atoms with E-state index in [1.807, 2.05) is 53.8 Å². The zero-order valence-corrected chi connectivity index (χ0v) is 14.7. The lowest BCUT2D eigenvalue weighted by molar-refractivity contribution is 0.0679. The van der Waals surface area contributed by atoms with Crippen LogP contribution in [0.5, 0.6) is 0 Å². The molecule has 3 rings (SSSR count). The number of nitrogens with two attached hydrogens (primary N) is 1. The predicted octanol–water partition coefficient (Wildman–Crippen LogP) is 2.69. The van der Waals surface area contributed by atoms with Crippen LogP contribution in [0.1, 0.15) is 41.5 Å². The summed E-state index contributed by atoms with van der Waals surface area (Å²) in [6.07, 6.45) is 1.96. The van der Waals surface area contributed by atoms with E-state index in [9.17, 15) is 4.79 Å². The van der Waals surface area contributed by atoms with Crippen LogP contribution in [0.2, 0.25) is 0 Å². The number of piperidine rings is 1. The summed E-state index contributed by atoms with van der Waals surface area (Å²) >= 11 is 0. The van der Waals surface area contributed by atoms with Gasteiger partial charge in [0, 0.05) is 19.1 Å². The summed E-state index contributed by atoms with van der Waals surface area (Å²) in [5, 5.41) is 4.59. The molecule has 2 heterocycles. The van der Waals surface area contributed by atoms with Crippen LogP contribution in [-0.2, 0) is 0 Å². The molecular formula is C19H26N4O. The molecule has 128 valence electrons. The number of hydrogen-bond donors (Lipinski definition) is 1. The first-order valence-electron chi connectivity index (χ1n) is 8.65. The monoisotopic (exact) mass is 326 g/mol. The highest BCUT2D eigenvalue weighted by molar-refractivity contribution is 5.96. The standard InChI is InChI=1S/C19H26N4O/c1-13(20)16-9-11-22(12-10-16)19(24)18-14(2)21-23(15(18)3)17-7-5-4-6-8-17/h4-8,13,16H,9-12,20H2,1-3H3. The lowest BCUT2D eigenvalue weighted by Gasteiger charge is -2.33. The van der Waals surface area contributed by atoms with Gasteiger partial charge in [-0.05, 0) is 51.7 Å². The van der Waals surface area contributed by atoms with Gasteiger partial charge in [-0.15, -0.1) is 0 Å². The first-order valence-corrected chi connectivity index (χ1v) is 8.65. The highest BCUT2D eigenvalue weighted by atomic mass is 16.2. The van der Waals surface area contributed by atoms with Gasteiger partial charge in [0.05, 0.1) is 22.6 Å². The average Bonchev–Trinajstić information content (AvgIpc) is 2.89. The molecule has 2 N–H and O–H groups in total. The maximum Gasteiger partial charge on any atom is 0.257 e. The molecule has 1 fully saturated rings. The number of benzene rings is 1. The molecule has 0 bridgehead atoms. The number of hydrogen-bond acceptors (Lipinski definition) is 3. The number of aromatic nitrogens is 2. The van der Waals surface area contributed by atoms with Crippen molar-refractivity contribution >= 4 is 5.91 Å². The average molecular weight is 326 g/mol. The Morgan fingerprint density at radius 2 is 1.83 bits per heavy atom. The largest absolute Gasteiger partial charge is 0.339 e. The molecule has 0 aliphatic carbocycles. The maximum atomic E-state index is 13.0. The summed E-state index contributed by atoms with van der Waals surface area (Å²) in [7, 11) is 0. The minimum atomic E-state index is 0.0929. The normalized spacial score (nSPS) is 17.1. The molecule has 1 aromatic heterocycles. The smallest absolute Gasteiger partial charge is 0.257 e. The quantitative estimate of drug-likeness (QED) is 0.943. The van der Waals surface area contributed by atoms with E-state index < -0.39 is 0 Å². The summed E-state index contributed by atoms with van der Waals surface area (Å²) < 4.78 is 1.86. The third-order valence-electron chi connectivity index (χ3n) is 5.08. The summed E-state index contributed by atoms with van der Waals surface area (Å²) in [6, 6.07) is 10.1. The molecule has 0 spiro atoms. The van der Waals surface area contributed by atoms with Gasteiger partial charge in [0.2, 0.25) is 0 Å². The molecule has 1 unspecified atom stereocenters. The molecule has 1 aliphatic rings. The van der Waals surface area contributed by atoms with Gasteiger partial charge in [-0.3, -0.25) is 4.79 Å². The first kappa shape index (κ1) is 16.7. The molecule has 5 heteroatoms. The van der Waals surface area contributed by atoms with E-state index >= 15 is 0 Å². The molecule has 5 nitrogen and oxygen atoms in total. The molecule has 1 atom stereocenters. The molecule has 1 aliphatic heterocycles. The lowest BCUT2D eigenvalue weighted by Crippen LogP contribution is -2.42. The van der Waals surface area contributed by atoms with Crippen LogP contribution in [0.4, 0.5) is 0 Å². The molecule has 1 aromatic carbocycles. The fourth-order valence-electron chi connectivity index (χ4n) is 3.56. The Labute approximate surface area is 143 Å². The Morgan fingerprint density at radius 3 is 2.42 bits per heavy atom. The van der Waals surface area contributed by atoms with Gasteiger partial charge in [0.1, 0.15) is 0 Å². The van der Waals surface area contributed by atoms with E-state index in [-0.39, 0.29) is 11.9 Å². The van der Waals surface area contributed by atoms with Crippen molar-refractivity contribution in [1.82, 2.24) is 14.7 Å². The van der Waals surface area contributed by atoms with Crippen molar-refractivity contribution in [2.75, 3.05) is 13.1 Å². The zero-order valence-electron chi connectivity index (χ0n) is 14.7. The lowest BCUT2D eigenvalue weighted by atomic mass is 9.90. The maximum absolute atomic E-state index is 13.0. The number of carbonyl (C=O) groups is 1. The van der Waals surface area contributed by atoms with Crippen molar-refractivity contribution in [3.05, 3.63) is 47.3 Å². The topological polar surface area (TPSA) is 64.2 Å². The Balaban J connectivity index is 1.83. The van der Waals surface area contributed by atoms with Crippen LogP contribution in [0, 0.1) is 19.8 Å². The van der Waals surface area contributed by atoms with Crippen molar-refractivity contribution < 1.29 is 4.79 Å². The molecule has 1 saturated heterocycles. The summed E-state index contributed by atoms with van der Waals surface area (Å²) in [4.78, 5) is 15.0. The van der Waals surface area contributed by atoms with Crippen LogP contribution in [-0.4, -0.2) is 39.7 Å². The van der Waals surface area contributed by atoms with Gasteiger partial charge in [-0.25, -0.2) is 4.68 Å². The van der Waals surface area contributed by atoms with Crippen LogP contribution in [0.25, 0.3) is 5.69 Å². The van der Waals surface area contributed by atoms with Gasteiger partial charge in [-0.1, -0.05) is 18.2 Å². The first-order chi connectivity index (χ1) is 11.5. The van der Waals surface area contributed by atoms with Crippen LogP contribution >= 0.6 is 0 Å². The van der Waals surface area contributed by atoms with Crippen molar-refractivity contribution in [2.45, 2.75) is 39.7 Å². The second kappa shape index (κ2) is 6.77. The minimum absolute atomic E-state index is 0.0929. The Hall–Kier alpha value is -2.14. The van der Waals surface area contributed by atoms with Crippen LogP contribution in [0.15, 0.2) is 30.3 Å². The Kier molecular flexibility index (Phi) is 4.71. The van der Waals surface area contributed by atoms with Gasteiger partial charge >= 0.3 is 0 Å². The Morgan fingerprint density at radius 1 is 1.21 bits per heavy atom. The van der Waals surface area contributed by atoms with E-state index in [0.29, 0.717) is 5.92 Å². The molecule has 1 amide bonds. The van der Waals surface area contributed by atoms with E-state index in [2.05, 4.69) is 12.0 Å². The van der Waals surface area contributed by atoms with Crippen LogP contribution < -0.4 is 5.73 Å². The number of rotatable bonds is 3. The molecule has 24 heavy (non-hydrogen) atoms. The second-order valence-corrected chi connectivity index (χ2v) is 6.78. The molecule has 0 radical (unpaired) electrons. The summed E-state index contributed by atoms with van der Waals surface area (Å²) in [5.41, 5.74) is 9.40. The molecule has 2 aromatic rings. The Bertz CT molecular complexity index is 712. The van der Waals surface area contributed by atoms with Gasteiger partial charge in [0.15, 0.2) is 0 Å². The number of aryl methyl sites for hydroxylation is 1. The van der Waals surface area contributed by atoms with Crippen molar-refractivity contribution in [3.63, 3.8) is 0 Å². The van der Waals surface area contributed by atoms with Crippen molar-refractivity contribution in [2.24, 2.45) is 11.7 Å². The molecule has 0 saturated carbocycles.